The Balaban J connectivity index is 2.27. The van der Waals surface area contributed by atoms with Gasteiger partial charge in [0, 0.05) is 17.3 Å². The van der Waals surface area contributed by atoms with Gasteiger partial charge in [-0.2, -0.15) is 0 Å². The second-order valence-corrected chi connectivity index (χ2v) is 5.90. The lowest BCUT2D eigenvalue weighted by molar-refractivity contribution is 0.0634. The highest BCUT2D eigenvalue weighted by Crippen LogP contribution is 2.34. The summed E-state index contributed by atoms with van der Waals surface area (Å²) in [6.45, 7) is 6.94. The standard InChI is InChI=1S/C15H26N4/c1-15(2,19-10-5-4-6-11-19)13(17-3)12-8-7-9-18-14(12)16/h7-9,13,17H,4-6,10-11H2,1-3H3,(H2,16,18). The minimum atomic E-state index is 0.0341. The van der Waals surface area contributed by atoms with Gasteiger partial charge in [-0.25, -0.2) is 4.98 Å². The molecule has 1 aromatic heterocycles. The molecule has 0 aromatic carbocycles. The van der Waals surface area contributed by atoms with Crippen LogP contribution in [0, 0.1) is 0 Å². The summed E-state index contributed by atoms with van der Waals surface area (Å²) in [5, 5.41) is 3.44. The molecule has 106 valence electrons. The van der Waals surface area contributed by atoms with Crippen molar-refractivity contribution in [3.8, 4) is 0 Å². The molecule has 2 heterocycles. The maximum Gasteiger partial charge on any atom is 0.128 e. The van der Waals surface area contributed by atoms with Crippen LogP contribution in [-0.2, 0) is 0 Å². The van der Waals surface area contributed by atoms with Crippen LogP contribution in [-0.4, -0.2) is 35.6 Å². The number of nitrogens with one attached hydrogen (secondary N) is 1. The Labute approximate surface area is 116 Å². The topological polar surface area (TPSA) is 54.2 Å². The van der Waals surface area contributed by atoms with E-state index in [4.69, 9.17) is 5.73 Å². The first-order valence-corrected chi connectivity index (χ1v) is 7.20. The molecule has 1 saturated heterocycles. The van der Waals surface area contributed by atoms with E-state index in [0.29, 0.717) is 5.82 Å². The zero-order valence-corrected chi connectivity index (χ0v) is 12.3. The fourth-order valence-electron chi connectivity index (χ4n) is 3.22. The van der Waals surface area contributed by atoms with Crippen molar-refractivity contribution in [2.24, 2.45) is 0 Å². The Morgan fingerprint density at radius 1 is 1.32 bits per heavy atom. The number of pyridine rings is 1. The van der Waals surface area contributed by atoms with Gasteiger partial charge in [0.25, 0.3) is 0 Å². The second-order valence-electron chi connectivity index (χ2n) is 5.90. The number of nitrogen functional groups attached to an aromatic ring is 1. The first kappa shape index (κ1) is 14.3. The van der Waals surface area contributed by atoms with E-state index in [9.17, 15) is 0 Å². The molecule has 2 rings (SSSR count). The Morgan fingerprint density at radius 2 is 2.00 bits per heavy atom. The van der Waals surface area contributed by atoms with E-state index in [1.54, 1.807) is 6.20 Å². The number of anilines is 1. The molecule has 1 aliphatic heterocycles. The SMILES string of the molecule is CNC(c1cccnc1N)C(C)(C)N1CCCCC1. The predicted molar refractivity (Wildman–Crippen MR) is 80.0 cm³/mol. The van der Waals surface area contributed by atoms with Gasteiger partial charge in [-0.15, -0.1) is 0 Å². The monoisotopic (exact) mass is 262 g/mol. The van der Waals surface area contributed by atoms with E-state index in [0.717, 1.165) is 5.56 Å². The van der Waals surface area contributed by atoms with E-state index in [-0.39, 0.29) is 11.6 Å². The van der Waals surface area contributed by atoms with E-state index in [2.05, 4.69) is 35.1 Å². The minimum Gasteiger partial charge on any atom is -0.383 e. The summed E-state index contributed by atoms with van der Waals surface area (Å²) in [5.74, 6) is 0.631. The van der Waals surface area contributed by atoms with Crippen LogP contribution >= 0.6 is 0 Å². The number of nitrogens with two attached hydrogens (primary N) is 1. The number of hydrogen-bond donors (Lipinski definition) is 2. The van der Waals surface area contributed by atoms with Crippen molar-refractivity contribution < 1.29 is 0 Å². The first-order valence-electron chi connectivity index (χ1n) is 7.20. The van der Waals surface area contributed by atoms with E-state index in [1.807, 2.05) is 13.1 Å². The van der Waals surface area contributed by atoms with E-state index >= 15 is 0 Å². The smallest absolute Gasteiger partial charge is 0.128 e. The Hall–Kier alpha value is -1.13. The third-order valence-electron chi connectivity index (χ3n) is 4.35. The summed E-state index contributed by atoms with van der Waals surface area (Å²) in [6, 6.07) is 4.23. The van der Waals surface area contributed by atoms with Gasteiger partial charge in [-0.05, 0) is 52.9 Å². The highest BCUT2D eigenvalue weighted by molar-refractivity contribution is 5.42. The number of nitrogens with zero attached hydrogens (tertiary/aromatic N) is 2. The van der Waals surface area contributed by atoms with Gasteiger partial charge in [0.1, 0.15) is 5.82 Å². The van der Waals surface area contributed by atoms with Gasteiger partial charge in [-0.3, -0.25) is 4.90 Å². The Morgan fingerprint density at radius 3 is 2.58 bits per heavy atom. The van der Waals surface area contributed by atoms with Crippen molar-refractivity contribution in [1.29, 1.82) is 0 Å². The average Bonchev–Trinajstić information content (AvgIpc) is 2.42. The molecule has 4 nitrogen and oxygen atoms in total. The van der Waals surface area contributed by atoms with Gasteiger partial charge in [-0.1, -0.05) is 12.5 Å². The molecule has 1 aromatic rings. The number of hydrogen-bond acceptors (Lipinski definition) is 4. The van der Waals surface area contributed by atoms with Crippen molar-refractivity contribution in [3.05, 3.63) is 23.9 Å². The molecular weight excluding hydrogens is 236 g/mol. The number of aromatic nitrogens is 1. The summed E-state index contributed by atoms with van der Waals surface area (Å²) >= 11 is 0. The number of rotatable bonds is 4. The summed E-state index contributed by atoms with van der Waals surface area (Å²) < 4.78 is 0. The maximum absolute atomic E-state index is 6.05. The predicted octanol–water partition coefficient (Wildman–Crippen LogP) is 2.19. The molecule has 0 bridgehead atoms. The molecule has 19 heavy (non-hydrogen) atoms. The Bertz CT molecular complexity index is 410. The summed E-state index contributed by atoms with van der Waals surface area (Å²) in [6.07, 6.45) is 5.69. The number of likely N-dealkylation sites (N-methyl/N-ethyl adjacent to an activating group) is 1. The third kappa shape index (κ3) is 2.90. The van der Waals surface area contributed by atoms with Crippen LogP contribution in [0.3, 0.4) is 0 Å². The average molecular weight is 262 g/mol. The summed E-state index contributed by atoms with van der Waals surface area (Å²) in [4.78, 5) is 6.80. The molecule has 1 fully saturated rings. The van der Waals surface area contributed by atoms with Crippen LogP contribution in [0.5, 0.6) is 0 Å². The van der Waals surface area contributed by atoms with Crippen LogP contribution in [0.1, 0.15) is 44.7 Å². The minimum absolute atomic E-state index is 0.0341. The molecule has 1 unspecified atom stereocenters. The lowest BCUT2D eigenvalue weighted by atomic mass is 9.85. The van der Waals surface area contributed by atoms with Crippen molar-refractivity contribution in [3.63, 3.8) is 0 Å². The highest BCUT2D eigenvalue weighted by atomic mass is 15.2. The molecule has 1 atom stereocenters. The first-order chi connectivity index (χ1) is 9.07. The highest BCUT2D eigenvalue weighted by Gasteiger charge is 2.37. The van der Waals surface area contributed by atoms with Crippen molar-refractivity contribution >= 4 is 5.82 Å². The van der Waals surface area contributed by atoms with Crippen LogP contribution < -0.4 is 11.1 Å². The van der Waals surface area contributed by atoms with Gasteiger partial charge in [0.2, 0.25) is 0 Å². The molecule has 0 radical (unpaired) electrons. The van der Waals surface area contributed by atoms with E-state index < -0.39 is 0 Å². The van der Waals surface area contributed by atoms with Crippen molar-refractivity contribution in [1.82, 2.24) is 15.2 Å². The molecular formula is C15H26N4. The number of likely N-dealkylation sites (tertiary alicyclic amines) is 1. The van der Waals surface area contributed by atoms with Crippen LogP contribution in [0.2, 0.25) is 0 Å². The molecule has 0 spiro atoms. The number of piperidine rings is 1. The summed E-state index contributed by atoms with van der Waals surface area (Å²) in [5.41, 5.74) is 7.19. The second kappa shape index (κ2) is 5.88. The lowest BCUT2D eigenvalue weighted by Gasteiger charge is -2.46. The van der Waals surface area contributed by atoms with Gasteiger partial charge in [0.15, 0.2) is 0 Å². The lowest BCUT2D eigenvalue weighted by Crippen LogP contribution is -2.53. The molecule has 1 aliphatic rings. The largest absolute Gasteiger partial charge is 0.383 e. The molecule has 0 amide bonds. The van der Waals surface area contributed by atoms with Crippen LogP contribution in [0.25, 0.3) is 0 Å². The van der Waals surface area contributed by atoms with Crippen molar-refractivity contribution in [2.75, 3.05) is 25.9 Å². The molecule has 0 saturated carbocycles. The van der Waals surface area contributed by atoms with Crippen molar-refractivity contribution in [2.45, 2.75) is 44.7 Å². The molecule has 4 heteroatoms. The zero-order valence-electron chi connectivity index (χ0n) is 12.3. The third-order valence-corrected chi connectivity index (χ3v) is 4.35. The molecule has 0 aliphatic carbocycles. The fourth-order valence-corrected chi connectivity index (χ4v) is 3.22. The van der Waals surface area contributed by atoms with Crippen LogP contribution in [0.4, 0.5) is 5.82 Å². The zero-order chi connectivity index (χ0) is 13.9. The molecule has 3 N–H and O–H groups in total. The van der Waals surface area contributed by atoms with Crippen LogP contribution in [0.15, 0.2) is 18.3 Å². The van der Waals surface area contributed by atoms with Gasteiger partial charge < -0.3 is 11.1 Å². The normalized spacial score (nSPS) is 19.3. The fraction of sp³-hybridized carbons (Fsp3) is 0.667. The maximum atomic E-state index is 6.05. The van der Waals surface area contributed by atoms with Gasteiger partial charge >= 0.3 is 0 Å². The van der Waals surface area contributed by atoms with E-state index in [1.165, 1.54) is 32.4 Å². The summed E-state index contributed by atoms with van der Waals surface area (Å²) in [7, 11) is 2.00. The quantitative estimate of drug-likeness (QED) is 0.873. The van der Waals surface area contributed by atoms with Gasteiger partial charge in [0.05, 0.1) is 6.04 Å². The Kier molecular flexibility index (Phi) is 4.42.